The van der Waals surface area contributed by atoms with Crippen LogP contribution in [0.2, 0.25) is 0 Å². The highest BCUT2D eigenvalue weighted by Gasteiger charge is 2.55. The quantitative estimate of drug-likeness (QED) is 0.637. The van der Waals surface area contributed by atoms with Crippen LogP contribution in [0.5, 0.6) is 0 Å². The van der Waals surface area contributed by atoms with E-state index in [9.17, 15) is 9.59 Å². The van der Waals surface area contributed by atoms with Gasteiger partial charge in [-0.25, -0.2) is 9.78 Å². The Morgan fingerprint density at radius 3 is 2.50 bits per heavy atom. The molecule has 2 saturated carbocycles. The maximum atomic E-state index is 13.6. The number of anilines is 1. The molecule has 1 spiro atoms. The second-order valence-electron chi connectivity index (χ2n) is 10.4. The van der Waals surface area contributed by atoms with Gasteiger partial charge < -0.3 is 15.1 Å². The molecule has 7 nitrogen and oxygen atoms in total. The summed E-state index contributed by atoms with van der Waals surface area (Å²) in [5.74, 6) is 0.422. The fourth-order valence-electron chi connectivity index (χ4n) is 6.13. The first-order valence-electron chi connectivity index (χ1n) is 12.4. The topological polar surface area (TPSA) is 68.8 Å². The third-order valence-corrected chi connectivity index (χ3v) is 9.10. The zero-order valence-corrected chi connectivity index (χ0v) is 21.0. The fourth-order valence-corrected chi connectivity index (χ4v) is 6.67. The molecule has 3 aliphatic rings. The van der Waals surface area contributed by atoms with Crippen LogP contribution >= 0.6 is 11.3 Å². The van der Waals surface area contributed by atoms with Crippen LogP contribution < -0.4 is 5.32 Å². The maximum Gasteiger partial charge on any atom is 0.321 e. The van der Waals surface area contributed by atoms with Crippen LogP contribution in [0.3, 0.4) is 0 Å². The summed E-state index contributed by atoms with van der Waals surface area (Å²) in [7, 11) is 4.35. The largest absolute Gasteiger partial charge is 0.321 e. The minimum absolute atomic E-state index is 0.0205. The summed E-state index contributed by atoms with van der Waals surface area (Å²) < 4.78 is 0. The number of rotatable bonds is 7. The van der Waals surface area contributed by atoms with Gasteiger partial charge in [-0.1, -0.05) is 36.8 Å². The first-order valence-corrected chi connectivity index (χ1v) is 13.3. The lowest BCUT2D eigenvalue weighted by atomic mass is 9.68. The van der Waals surface area contributed by atoms with Gasteiger partial charge in [-0.2, -0.15) is 0 Å². The summed E-state index contributed by atoms with van der Waals surface area (Å²) in [5, 5.41) is 5.25. The molecule has 0 unspecified atom stereocenters. The molecule has 1 saturated heterocycles. The monoisotopic (exact) mass is 481 g/mol. The summed E-state index contributed by atoms with van der Waals surface area (Å²) in [6.07, 6.45) is 9.23. The number of amides is 3. The molecule has 2 aromatic rings. The van der Waals surface area contributed by atoms with Gasteiger partial charge in [0, 0.05) is 30.2 Å². The van der Waals surface area contributed by atoms with Gasteiger partial charge >= 0.3 is 6.03 Å². The van der Waals surface area contributed by atoms with Crippen molar-refractivity contribution in [1.82, 2.24) is 19.7 Å². The van der Waals surface area contributed by atoms with Crippen molar-refractivity contribution in [2.75, 3.05) is 39.0 Å². The molecule has 8 heteroatoms. The van der Waals surface area contributed by atoms with Crippen molar-refractivity contribution < 1.29 is 9.59 Å². The lowest BCUT2D eigenvalue weighted by Crippen LogP contribution is -2.56. The molecule has 3 fully saturated rings. The Hall–Kier alpha value is -2.45. The van der Waals surface area contributed by atoms with E-state index in [-0.39, 0.29) is 29.6 Å². The molecule has 182 valence electrons. The van der Waals surface area contributed by atoms with Gasteiger partial charge in [0.15, 0.2) is 5.13 Å². The number of carbonyl (C=O) groups excluding carboxylic acids is 2. The first kappa shape index (κ1) is 23.3. The lowest BCUT2D eigenvalue weighted by molar-refractivity contribution is -0.116. The molecule has 0 atom stereocenters. The molecule has 2 aliphatic carbocycles. The number of hydrogen-bond acceptors (Lipinski definition) is 5. The Morgan fingerprint density at radius 2 is 1.91 bits per heavy atom. The van der Waals surface area contributed by atoms with E-state index in [1.807, 2.05) is 5.38 Å². The van der Waals surface area contributed by atoms with E-state index in [1.54, 1.807) is 11.1 Å². The summed E-state index contributed by atoms with van der Waals surface area (Å²) >= 11 is 1.39. The molecule has 2 heterocycles. The number of nitrogens with one attached hydrogen (secondary N) is 1. The molecule has 1 aliphatic heterocycles. The third kappa shape index (κ3) is 4.22. The molecule has 3 amide bonds. The smallest absolute Gasteiger partial charge is 0.317 e. The van der Waals surface area contributed by atoms with Gasteiger partial charge in [0.2, 0.25) is 5.91 Å². The van der Waals surface area contributed by atoms with Crippen molar-refractivity contribution in [1.29, 1.82) is 0 Å². The van der Waals surface area contributed by atoms with Crippen LogP contribution in [-0.4, -0.2) is 70.9 Å². The van der Waals surface area contributed by atoms with Crippen LogP contribution in [0.1, 0.15) is 50.5 Å². The van der Waals surface area contributed by atoms with E-state index >= 15 is 0 Å². The summed E-state index contributed by atoms with van der Waals surface area (Å²) in [6, 6.07) is 10.8. The second-order valence-corrected chi connectivity index (χ2v) is 11.3. The Morgan fingerprint density at radius 1 is 1.18 bits per heavy atom. The van der Waals surface area contributed by atoms with Gasteiger partial charge in [-0.3, -0.25) is 9.69 Å². The molecule has 0 radical (unpaired) electrons. The third-order valence-electron chi connectivity index (χ3n) is 8.41. The Balaban J connectivity index is 1.35. The number of aromatic nitrogens is 1. The molecular weight excluding hydrogens is 446 g/mol. The summed E-state index contributed by atoms with van der Waals surface area (Å²) in [4.78, 5) is 36.7. The zero-order chi connectivity index (χ0) is 23.8. The number of nitrogens with zero attached hydrogens (tertiary/aromatic N) is 4. The Bertz CT molecular complexity index is 997. The number of carbonyl (C=O) groups is 2. The summed E-state index contributed by atoms with van der Waals surface area (Å²) in [6.45, 7) is 1.53. The molecule has 1 aromatic heterocycles. The predicted octanol–water partition coefficient (Wildman–Crippen LogP) is 4.39. The van der Waals surface area contributed by atoms with Crippen molar-refractivity contribution in [3.05, 3.63) is 47.5 Å². The SMILES string of the molecule is CN(C)[C@]1(c2ccccc2)CC[C@@]2(CC1)CN(CC(=O)Nc1nccs1)C(=O)N2CC1CCC1. The fraction of sp³-hybridized carbons (Fsp3) is 0.577. The second kappa shape index (κ2) is 9.30. The molecule has 1 aromatic carbocycles. The predicted molar refractivity (Wildman–Crippen MR) is 135 cm³/mol. The highest BCUT2D eigenvalue weighted by atomic mass is 32.1. The standard InChI is InChI=1S/C26H35N5O2S/c1-29(2)26(21-9-4-3-5-10-21)13-11-25(12-14-26)19-30(18-22(32)28-23-27-15-16-34-23)24(33)31(25)17-20-7-6-8-20/h3-5,9-10,15-16,20H,6-8,11-14,17-19H2,1-2H3,(H,27,28,32)/t25-,26-. The normalized spacial score (nSPS) is 27.4. The highest BCUT2D eigenvalue weighted by Crippen LogP contribution is 2.49. The number of benzene rings is 1. The Kier molecular flexibility index (Phi) is 6.37. The minimum Gasteiger partial charge on any atom is -0.317 e. The average molecular weight is 482 g/mol. The lowest BCUT2D eigenvalue weighted by Gasteiger charge is -2.51. The molecule has 34 heavy (non-hydrogen) atoms. The van der Waals surface area contributed by atoms with Crippen LogP contribution in [0.15, 0.2) is 41.9 Å². The molecule has 0 bridgehead atoms. The Labute approximate surface area is 206 Å². The van der Waals surface area contributed by atoms with Gasteiger partial charge in [-0.15, -0.1) is 11.3 Å². The number of urea groups is 1. The van der Waals surface area contributed by atoms with Crippen molar-refractivity contribution in [3.63, 3.8) is 0 Å². The van der Waals surface area contributed by atoms with Crippen molar-refractivity contribution in [2.24, 2.45) is 5.92 Å². The van der Waals surface area contributed by atoms with Gasteiger partial charge in [-0.05, 0) is 64.1 Å². The molecular formula is C26H35N5O2S. The molecule has 1 N–H and O–H groups in total. The number of hydrogen-bond donors (Lipinski definition) is 1. The van der Waals surface area contributed by atoms with E-state index in [0.717, 1.165) is 32.2 Å². The highest BCUT2D eigenvalue weighted by molar-refractivity contribution is 7.13. The van der Waals surface area contributed by atoms with E-state index in [1.165, 1.54) is 36.2 Å². The van der Waals surface area contributed by atoms with Crippen molar-refractivity contribution >= 4 is 28.4 Å². The van der Waals surface area contributed by atoms with Crippen molar-refractivity contribution in [2.45, 2.75) is 56.0 Å². The summed E-state index contributed by atoms with van der Waals surface area (Å²) in [5.41, 5.74) is 1.14. The molecule has 5 rings (SSSR count). The minimum atomic E-state index is -0.192. The van der Waals surface area contributed by atoms with E-state index in [2.05, 4.69) is 64.5 Å². The van der Waals surface area contributed by atoms with Crippen molar-refractivity contribution in [3.8, 4) is 0 Å². The van der Waals surface area contributed by atoms with Gasteiger partial charge in [0.05, 0.1) is 5.54 Å². The number of thiazole rings is 1. The van der Waals surface area contributed by atoms with Crippen LogP contribution in [0, 0.1) is 5.92 Å². The van der Waals surface area contributed by atoms with Crippen LogP contribution in [0.25, 0.3) is 0 Å². The average Bonchev–Trinajstić information content (AvgIpc) is 3.39. The maximum absolute atomic E-state index is 13.6. The van der Waals surface area contributed by atoms with E-state index < -0.39 is 0 Å². The van der Waals surface area contributed by atoms with Crippen LogP contribution in [-0.2, 0) is 10.3 Å². The zero-order valence-electron chi connectivity index (χ0n) is 20.2. The van der Waals surface area contributed by atoms with Gasteiger partial charge in [0.1, 0.15) is 6.54 Å². The van der Waals surface area contributed by atoms with Crippen LogP contribution in [0.4, 0.5) is 9.93 Å². The van der Waals surface area contributed by atoms with Gasteiger partial charge in [0.25, 0.3) is 0 Å². The van der Waals surface area contributed by atoms with E-state index in [4.69, 9.17) is 0 Å². The van der Waals surface area contributed by atoms with E-state index in [0.29, 0.717) is 17.6 Å². The first-order chi connectivity index (χ1) is 16.4.